The number of benzene rings is 2. The monoisotopic (exact) mass is 407 g/mol. The van der Waals surface area contributed by atoms with E-state index in [2.05, 4.69) is 4.72 Å². The molecule has 0 radical (unpaired) electrons. The average Bonchev–Trinajstić information content (AvgIpc) is 2.66. The molecule has 0 bridgehead atoms. The SMILES string of the molecule is COc1cc(OC)cc(C(=O)OC(C)C(=O)c2ccc(NS(C)(=O)=O)cc2)c1. The zero-order valence-corrected chi connectivity index (χ0v) is 16.7. The van der Waals surface area contributed by atoms with E-state index in [9.17, 15) is 18.0 Å². The van der Waals surface area contributed by atoms with E-state index in [4.69, 9.17) is 14.2 Å². The average molecular weight is 407 g/mol. The maximum atomic E-state index is 12.5. The molecule has 2 aromatic rings. The molecule has 0 aliphatic heterocycles. The first-order valence-corrected chi connectivity index (χ1v) is 10.1. The molecule has 0 saturated heterocycles. The number of ether oxygens (including phenoxy) is 3. The molecule has 0 aliphatic rings. The first-order chi connectivity index (χ1) is 13.1. The Kier molecular flexibility index (Phi) is 6.63. The van der Waals surface area contributed by atoms with Gasteiger partial charge in [-0.15, -0.1) is 0 Å². The molecule has 0 spiro atoms. The minimum Gasteiger partial charge on any atom is -0.497 e. The lowest BCUT2D eigenvalue weighted by Gasteiger charge is -2.14. The summed E-state index contributed by atoms with van der Waals surface area (Å²) in [5, 5.41) is 0. The van der Waals surface area contributed by atoms with Crippen LogP contribution in [0.15, 0.2) is 42.5 Å². The van der Waals surface area contributed by atoms with Gasteiger partial charge in [0.1, 0.15) is 11.5 Å². The van der Waals surface area contributed by atoms with Crippen molar-refractivity contribution in [2.45, 2.75) is 13.0 Å². The highest BCUT2D eigenvalue weighted by molar-refractivity contribution is 7.92. The molecule has 0 amide bonds. The van der Waals surface area contributed by atoms with Gasteiger partial charge in [0, 0.05) is 17.3 Å². The first-order valence-electron chi connectivity index (χ1n) is 8.19. The Morgan fingerprint density at radius 2 is 1.46 bits per heavy atom. The molecule has 0 saturated carbocycles. The minimum atomic E-state index is -3.41. The number of sulfonamides is 1. The van der Waals surface area contributed by atoms with Crippen molar-refractivity contribution in [3.8, 4) is 11.5 Å². The van der Waals surface area contributed by atoms with Crippen LogP contribution < -0.4 is 14.2 Å². The molecule has 9 heteroatoms. The van der Waals surface area contributed by atoms with Gasteiger partial charge in [-0.1, -0.05) is 0 Å². The number of nitrogens with one attached hydrogen (secondary N) is 1. The first kappa shape index (κ1) is 21.2. The van der Waals surface area contributed by atoms with E-state index in [0.29, 0.717) is 17.2 Å². The fraction of sp³-hybridized carbons (Fsp3) is 0.263. The Hall–Kier alpha value is -3.07. The number of hydrogen-bond acceptors (Lipinski definition) is 7. The van der Waals surface area contributed by atoms with E-state index in [1.807, 2.05) is 0 Å². The van der Waals surface area contributed by atoms with Crippen LogP contribution in [0.25, 0.3) is 0 Å². The molecule has 150 valence electrons. The zero-order valence-electron chi connectivity index (χ0n) is 15.9. The normalized spacial score (nSPS) is 12.0. The Bertz CT molecular complexity index is 946. The third kappa shape index (κ3) is 5.71. The third-order valence-electron chi connectivity index (χ3n) is 3.71. The van der Waals surface area contributed by atoms with E-state index >= 15 is 0 Å². The molecule has 1 N–H and O–H groups in total. The van der Waals surface area contributed by atoms with Gasteiger partial charge in [-0.2, -0.15) is 0 Å². The van der Waals surface area contributed by atoms with Crippen molar-refractivity contribution >= 4 is 27.5 Å². The summed E-state index contributed by atoms with van der Waals surface area (Å²) in [5.41, 5.74) is 0.790. The van der Waals surface area contributed by atoms with Gasteiger partial charge in [0.05, 0.1) is 26.0 Å². The minimum absolute atomic E-state index is 0.184. The Morgan fingerprint density at radius 1 is 0.929 bits per heavy atom. The van der Waals surface area contributed by atoms with Crippen LogP contribution in [0.5, 0.6) is 11.5 Å². The van der Waals surface area contributed by atoms with Crippen LogP contribution in [0.1, 0.15) is 27.6 Å². The van der Waals surface area contributed by atoms with Crippen molar-refractivity contribution in [1.29, 1.82) is 0 Å². The van der Waals surface area contributed by atoms with Crippen molar-refractivity contribution < 1.29 is 32.2 Å². The van der Waals surface area contributed by atoms with Crippen molar-refractivity contribution in [1.82, 2.24) is 0 Å². The molecule has 1 unspecified atom stereocenters. The summed E-state index contributed by atoms with van der Waals surface area (Å²) in [4.78, 5) is 24.9. The topological polar surface area (TPSA) is 108 Å². The van der Waals surface area contributed by atoms with Gasteiger partial charge < -0.3 is 14.2 Å². The fourth-order valence-corrected chi connectivity index (χ4v) is 2.92. The van der Waals surface area contributed by atoms with Gasteiger partial charge >= 0.3 is 5.97 Å². The van der Waals surface area contributed by atoms with Crippen LogP contribution in [0, 0.1) is 0 Å². The van der Waals surface area contributed by atoms with Crippen molar-refractivity contribution in [2.75, 3.05) is 25.2 Å². The molecule has 0 fully saturated rings. The molecule has 2 rings (SSSR count). The zero-order chi connectivity index (χ0) is 20.9. The largest absolute Gasteiger partial charge is 0.497 e. The molecule has 1 atom stereocenters. The number of esters is 1. The second kappa shape index (κ2) is 8.75. The number of carbonyl (C=O) groups is 2. The highest BCUT2D eigenvalue weighted by Gasteiger charge is 2.21. The van der Waals surface area contributed by atoms with Gasteiger partial charge in [-0.25, -0.2) is 13.2 Å². The van der Waals surface area contributed by atoms with Gasteiger partial charge in [0.25, 0.3) is 0 Å². The number of ketones is 1. The van der Waals surface area contributed by atoms with Crippen LogP contribution in [0.2, 0.25) is 0 Å². The summed E-state index contributed by atoms with van der Waals surface area (Å²) in [6, 6.07) is 10.4. The number of Topliss-reactive ketones (excluding diaryl/α,β-unsaturated/α-hetero) is 1. The number of rotatable bonds is 8. The van der Waals surface area contributed by atoms with Gasteiger partial charge in [0.15, 0.2) is 6.10 Å². The van der Waals surface area contributed by atoms with Gasteiger partial charge in [0.2, 0.25) is 15.8 Å². The lowest BCUT2D eigenvalue weighted by atomic mass is 10.1. The third-order valence-corrected chi connectivity index (χ3v) is 4.32. The van der Waals surface area contributed by atoms with E-state index < -0.39 is 27.9 Å². The molecular formula is C19H21NO7S. The van der Waals surface area contributed by atoms with E-state index in [-0.39, 0.29) is 11.1 Å². The highest BCUT2D eigenvalue weighted by atomic mass is 32.2. The standard InChI is InChI=1S/C19H21NO7S/c1-12(18(21)13-5-7-15(8-6-13)20-28(4,23)24)27-19(22)14-9-16(25-2)11-17(10-14)26-3/h5-12,20H,1-4H3. The van der Waals surface area contributed by atoms with Crippen LogP contribution in [0.3, 0.4) is 0 Å². The van der Waals surface area contributed by atoms with Gasteiger partial charge in [-0.3, -0.25) is 9.52 Å². The van der Waals surface area contributed by atoms with Crippen molar-refractivity contribution in [3.05, 3.63) is 53.6 Å². The second-order valence-electron chi connectivity index (χ2n) is 5.96. The maximum absolute atomic E-state index is 12.5. The number of anilines is 1. The maximum Gasteiger partial charge on any atom is 0.339 e. The second-order valence-corrected chi connectivity index (χ2v) is 7.71. The summed E-state index contributed by atoms with van der Waals surface area (Å²) < 4.78 is 40.2. The summed E-state index contributed by atoms with van der Waals surface area (Å²) in [6.07, 6.45) is -0.0142. The molecule has 8 nitrogen and oxygen atoms in total. The lowest BCUT2D eigenvalue weighted by molar-refractivity contribution is 0.0318. The summed E-state index contributed by atoms with van der Waals surface area (Å²) in [6.45, 7) is 1.46. The summed E-state index contributed by atoms with van der Waals surface area (Å²) >= 11 is 0. The number of methoxy groups -OCH3 is 2. The van der Waals surface area contributed by atoms with E-state index in [1.54, 1.807) is 6.07 Å². The molecule has 0 aromatic heterocycles. The van der Waals surface area contributed by atoms with Gasteiger partial charge in [-0.05, 0) is 43.3 Å². The van der Waals surface area contributed by atoms with E-state index in [1.165, 1.54) is 57.5 Å². The Morgan fingerprint density at radius 3 is 1.93 bits per heavy atom. The van der Waals surface area contributed by atoms with Crippen LogP contribution >= 0.6 is 0 Å². The Balaban J connectivity index is 2.10. The number of carbonyl (C=O) groups excluding carboxylic acids is 2. The van der Waals surface area contributed by atoms with Crippen LogP contribution in [-0.4, -0.2) is 46.7 Å². The van der Waals surface area contributed by atoms with Crippen molar-refractivity contribution in [2.24, 2.45) is 0 Å². The number of hydrogen-bond donors (Lipinski definition) is 1. The molecule has 2 aromatic carbocycles. The Labute approximate surface area is 163 Å². The van der Waals surface area contributed by atoms with E-state index in [0.717, 1.165) is 6.26 Å². The molecule has 0 heterocycles. The summed E-state index contributed by atoms with van der Waals surface area (Å²) in [7, 11) is -0.496. The predicted octanol–water partition coefficient (Wildman–Crippen LogP) is 2.50. The van der Waals surface area contributed by atoms with Crippen LogP contribution in [0.4, 0.5) is 5.69 Å². The quantitative estimate of drug-likeness (QED) is 0.529. The van der Waals surface area contributed by atoms with Crippen LogP contribution in [-0.2, 0) is 14.8 Å². The highest BCUT2D eigenvalue weighted by Crippen LogP contribution is 2.23. The smallest absolute Gasteiger partial charge is 0.339 e. The lowest BCUT2D eigenvalue weighted by Crippen LogP contribution is -2.24. The molecule has 28 heavy (non-hydrogen) atoms. The molecule has 0 aliphatic carbocycles. The fourth-order valence-electron chi connectivity index (χ4n) is 2.36. The summed E-state index contributed by atoms with van der Waals surface area (Å²) in [5.74, 6) is -0.291. The molecular weight excluding hydrogens is 386 g/mol. The predicted molar refractivity (Wildman–Crippen MR) is 104 cm³/mol. The van der Waals surface area contributed by atoms with Crippen molar-refractivity contribution in [3.63, 3.8) is 0 Å².